The molecule has 0 bridgehead atoms. The van der Waals surface area contributed by atoms with Crippen LogP contribution in [0.2, 0.25) is 0 Å². The summed E-state index contributed by atoms with van der Waals surface area (Å²) in [6.45, 7) is 12.8. The fraction of sp³-hybridized carbons (Fsp3) is 0.800. The van der Waals surface area contributed by atoms with Crippen molar-refractivity contribution >= 4 is 0 Å². The van der Waals surface area contributed by atoms with E-state index in [9.17, 15) is 0 Å². The standard InChI is InChI=1S/C10H18.8Co/c1-9(2,3)7-8-10(4,5)6;;;;;;;;/h1-6H3;;;;;;;;. The monoisotopic (exact) mass is 610 g/mol. The summed E-state index contributed by atoms with van der Waals surface area (Å²) in [6.07, 6.45) is 0. The maximum Gasteiger partial charge on any atom is 0.0230 e. The van der Waals surface area contributed by atoms with Crippen molar-refractivity contribution in [2.45, 2.75) is 41.5 Å². The molecule has 0 aromatic heterocycles. The molecule has 18 heavy (non-hydrogen) atoms. The van der Waals surface area contributed by atoms with Crippen LogP contribution in [0.25, 0.3) is 0 Å². The third-order valence-electron chi connectivity index (χ3n) is 0.812. The van der Waals surface area contributed by atoms with Crippen molar-refractivity contribution in [1.82, 2.24) is 0 Å². The van der Waals surface area contributed by atoms with E-state index in [4.69, 9.17) is 0 Å². The van der Waals surface area contributed by atoms with Gasteiger partial charge in [0.2, 0.25) is 0 Å². The Morgan fingerprint density at radius 1 is 0.389 bits per heavy atom. The van der Waals surface area contributed by atoms with E-state index in [1.807, 2.05) is 0 Å². The van der Waals surface area contributed by atoms with Crippen LogP contribution in [0.5, 0.6) is 0 Å². The zero-order valence-electron chi connectivity index (χ0n) is 10.7. The molecule has 0 saturated heterocycles. The maximum absolute atomic E-state index is 3.21. The van der Waals surface area contributed by atoms with Crippen molar-refractivity contribution in [3.63, 3.8) is 0 Å². The van der Waals surface area contributed by atoms with Crippen molar-refractivity contribution in [1.29, 1.82) is 0 Å². The Morgan fingerprint density at radius 2 is 0.500 bits per heavy atom. The van der Waals surface area contributed by atoms with E-state index < -0.39 is 0 Å². The quantitative estimate of drug-likeness (QED) is 0.371. The van der Waals surface area contributed by atoms with E-state index in [0.29, 0.717) is 0 Å². The van der Waals surface area contributed by atoms with Crippen molar-refractivity contribution < 1.29 is 134 Å². The topological polar surface area (TPSA) is 0 Å². The summed E-state index contributed by atoms with van der Waals surface area (Å²) in [5.41, 5.74) is 0.292. The van der Waals surface area contributed by atoms with Crippen LogP contribution in [-0.4, -0.2) is 0 Å². The normalized spacial score (nSPS) is 6.78. The molecule has 0 nitrogen and oxygen atoms in total. The molecule has 0 atom stereocenters. The Kier molecular flexibility index (Phi) is 82.0. The molecule has 0 unspecified atom stereocenters. The second-order valence-electron chi connectivity index (χ2n) is 4.75. The van der Waals surface area contributed by atoms with Crippen LogP contribution < -0.4 is 0 Å². The first-order valence-electron chi connectivity index (χ1n) is 3.75. The van der Waals surface area contributed by atoms with Gasteiger partial charge in [0.1, 0.15) is 0 Å². The van der Waals surface area contributed by atoms with Crippen molar-refractivity contribution in [3.05, 3.63) is 0 Å². The molecule has 0 aliphatic heterocycles. The maximum atomic E-state index is 3.21. The number of rotatable bonds is 0. The van der Waals surface area contributed by atoms with Crippen molar-refractivity contribution in [2.75, 3.05) is 0 Å². The molecule has 0 aromatic rings. The fourth-order valence-electron chi connectivity index (χ4n) is 0.375. The van der Waals surface area contributed by atoms with E-state index in [0.717, 1.165) is 0 Å². The molecule has 0 spiro atoms. The molecule has 8 heteroatoms. The van der Waals surface area contributed by atoms with Gasteiger partial charge in [-0.05, 0) is 41.5 Å². The number of hydrogen-bond donors (Lipinski definition) is 0. The predicted octanol–water partition coefficient (Wildman–Crippen LogP) is 3.06. The van der Waals surface area contributed by atoms with Gasteiger partial charge in [0.25, 0.3) is 0 Å². The molecule has 0 aromatic carbocycles. The molecule has 0 saturated carbocycles. The second-order valence-corrected chi connectivity index (χ2v) is 4.75. The Labute approximate surface area is 196 Å². The van der Waals surface area contributed by atoms with Gasteiger partial charge in [-0.15, -0.1) is 0 Å². The zero-order valence-corrected chi connectivity index (χ0v) is 19.0. The Hall–Kier alpha value is 3.61. The Bertz CT molecular complexity index is 151. The molecule has 8 radical (unpaired) electrons. The average Bonchev–Trinajstić information content (AvgIpc) is 1.57. The fourth-order valence-corrected chi connectivity index (χ4v) is 0.375. The smallest absolute Gasteiger partial charge is 0.0230 e. The molecule has 0 aliphatic rings. The third-order valence-corrected chi connectivity index (χ3v) is 0.812. The summed E-state index contributed by atoms with van der Waals surface area (Å²) in [7, 11) is 0. The Morgan fingerprint density at radius 3 is 0.556 bits per heavy atom. The summed E-state index contributed by atoms with van der Waals surface area (Å²) in [4.78, 5) is 0. The van der Waals surface area contributed by atoms with Gasteiger partial charge < -0.3 is 0 Å². The molecule has 0 amide bonds. The molecule has 0 rings (SSSR count). The molecule has 0 N–H and O–H groups in total. The minimum atomic E-state index is 0. The van der Waals surface area contributed by atoms with E-state index in [2.05, 4.69) is 53.4 Å². The first-order valence-corrected chi connectivity index (χ1v) is 3.75. The van der Waals surface area contributed by atoms with E-state index >= 15 is 0 Å². The summed E-state index contributed by atoms with van der Waals surface area (Å²) in [6, 6.07) is 0. The van der Waals surface area contributed by atoms with Crippen LogP contribution >= 0.6 is 0 Å². The number of hydrogen-bond acceptors (Lipinski definition) is 0. The molecule has 0 fully saturated rings. The first kappa shape index (κ1) is 57.7. The minimum Gasteiger partial charge on any atom is -0.0968 e. The van der Waals surface area contributed by atoms with Gasteiger partial charge in [0.05, 0.1) is 0 Å². The van der Waals surface area contributed by atoms with Gasteiger partial charge >= 0.3 is 0 Å². The molecule has 130 valence electrons. The predicted molar refractivity (Wildman–Crippen MR) is 46.7 cm³/mol. The van der Waals surface area contributed by atoms with Gasteiger partial charge in [0, 0.05) is 145 Å². The summed E-state index contributed by atoms with van der Waals surface area (Å²) in [5, 5.41) is 0. The van der Waals surface area contributed by atoms with Crippen LogP contribution in [0, 0.1) is 22.7 Å². The van der Waals surface area contributed by atoms with Gasteiger partial charge in [-0.2, -0.15) is 0 Å². The molecular formula is C10H18Co8. The van der Waals surface area contributed by atoms with Gasteiger partial charge in [-0.25, -0.2) is 0 Å². The first-order chi connectivity index (χ1) is 4.21. The summed E-state index contributed by atoms with van der Waals surface area (Å²) < 4.78 is 0. The minimum absolute atomic E-state index is 0. The third kappa shape index (κ3) is 60.3. The SMILES string of the molecule is CC(C)(C)C#CC(C)(C)C.[Co].[Co].[Co].[Co].[Co].[Co].[Co].[Co]. The summed E-state index contributed by atoms with van der Waals surface area (Å²) >= 11 is 0. The van der Waals surface area contributed by atoms with E-state index in [1.165, 1.54) is 0 Å². The second kappa shape index (κ2) is 25.6. The molecule has 0 heterocycles. The van der Waals surface area contributed by atoms with Crippen LogP contribution in [0.15, 0.2) is 0 Å². The van der Waals surface area contributed by atoms with Crippen LogP contribution in [0.1, 0.15) is 41.5 Å². The largest absolute Gasteiger partial charge is 0.0968 e. The zero-order chi connectivity index (χ0) is 8.41. The van der Waals surface area contributed by atoms with Gasteiger partial charge in [-0.1, -0.05) is 11.8 Å². The van der Waals surface area contributed by atoms with E-state index in [1.54, 1.807) is 0 Å². The van der Waals surface area contributed by atoms with Gasteiger partial charge in [0.15, 0.2) is 0 Å². The molecule has 0 aliphatic carbocycles. The average molecular weight is 610 g/mol. The van der Waals surface area contributed by atoms with E-state index in [-0.39, 0.29) is 145 Å². The van der Waals surface area contributed by atoms with Crippen LogP contribution in [-0.2, 0) is 134 Å². The Balaban J connectivity index is -0.0000000145. The summed E-state index contributed by atoms with van der Waals surface area (Å²) in [5.74, 6) is 6.42. The van der Waals surface area contributed by atoms with Crippen molar-refractivity contribution in [3.8, 4) is 11.8 Å². The van der Waals surface area contributed by atoms with Crippen LogP contribution in [0.4, 0.5) is 0 Å². The van der Waals surface area contributed by atoms with Gasteiger partial charge in [-0.3, -0.25) is 0 Å². The molecular weight excluding hydrogens is 592 g/mol. The van der Waals surface area contributed by atoms with Crippen LogP contribution in [0.3, 0.4) is 0 Å². The van der Waals surface area contributed by atoms with Crippen molar-refractivity contribution in [2.24, 2.45) is 10.8 Å².